The van der Waals surface area contributed by atoms with E-state index in [1.165, 1.54) is 18.2 Å². The van der Waals surface area contributed by atoms with Crippen LogP contribution in [0.25, 0.3) is 0 Å². The van der Waals surface area contributed by atoms with E-state index in [1.54, 1.807) is 13.1 Å². The fraction of sp³-hybridized carbons (Fsp3) is 0.385. The highest BCUT2D eigenvalue weighted by Crippen LogP contribution is 2.36. The smallest absolute Gasteiger partial charge is 0.339 e. The Morgan fingerprint density at radius 2 is 2.20 bits per heavy atom. The third-order valence-electron chi connectivity index (χ3n) is 4.01. The summed E-state index contributed by atoms with van der Waals surface area (Å²) >= 11 is 0. The summed E-state index contributed by atoms with van der Waals surface area (Å²) < 4.78 is 4.65. The van der Waals surface area contributed by atoms with Crippen LogP contribution in [0, 0.1) is 0 Å². The monoisotopic (exact) mass is 275 g/mol. The van der Waals surface area contributed by atoms with E-state index in [0.29, 0.717) is 18.4 Å². The summed E-state index contributed by atoms with van der Waals surface area (Å²) in [4.78, 5) is 40.8. The fourth-order valence-electron chi connectivity index (χ4n) is 2.78. The number of nitrogens with one attached hydrogen (secondary N) is 1. The van der Waals surface area contributed by atoms with Crippen molar-refractivity contribution in [2.24, 2.45) is 0 Å². The lowest BCUT2D eigenvalue weighted by Gasteiger charge is -2.27. The van der Waals surface area contributed by atoms with Gasteiger partial charge in [0, 0.05) is 31.8 Å². The SMILES string of the molecule is COC(=O)c1cnc2c(c1)C[C@@]1(C2)C(=O)NC(=O)N1C. The highest BCUT2D eigenvalue weighted by molar-refractivity contribution is 6.07. The minimum absolute atomic E-state index is 0.317. The van der Waals surface area contributed by atoms with Gasteiger partial charge >= 0.3 is 12.0 Å². The van der Waals surface area contributed by atoms with Crippen molar-refractivity contribution in [3.05, 3.63) is 29.1 Å². The normalized spacial score (nSPS) is 24.0. The van der Waals surface area contributed by atoms with Crippen molar-refractivity contribution in [1.29, 1.82) is 0 Å². The molecule has 3 rings (SSSR count). The number of methoxy groups -OCH3 is 1. The van der Waals surface area contributed by atoms with E-state index >= 15 is 0 Å². The topological polar surface area (TPSA) is 88.6 Å². The maximum absolute atomic E-state index is 12.1. The van der Waals surface area contributed by atoms with Crippen LogP contribution in [0.5, 0.6) is 0 Å². The molecule has 2 heterocycles. The highest BCUT2D eigenvalue weighted by Gasteiger charge is 2.54. The first-order chi connectivity index (χ1) is 9.48. The van der Waals surface area contributed by atoms with E-state index in [0.717, 1.165) is 11.3 Å². The van der Waals surface area contributed by atoms with Crippen LogP contribution in [0.1, 0.15) is 21.6 Å². The molecule has 0 radical (unpaired) electrons. The molecule has 1 fully saturated rings. The second-order valence-electron chi connectivity index (χ2n) is 5.02. The number of imide groups is 1. The first-order valence-corrected chi connectivity index (χ1v) is 6.13. The van der Waals surface area contributed by atoms with Crippen molar-refractivity contribution in [3.8, 4) is 0 Å². The van der Waals surface area contributed by atoms with E-state index in [1.807, 2.05) is 0 Å². The first kappa shape index (κ1) is 12.6. The van der Waals surface area contributed by atoms with Gasteiger partial charge in [0.2, 0.25) is 0 Å². The zero-order valence-corrected chi connectivity index (χ0v) is 11.1. The van der Waals surface area contributed by atoms with Crippen LogP contribution in [-0.2, 0) is 22.4 Å². The summed E-state index contributed by atoms with van der Waals surface area (Å²) in [5, 5.41) is 2.31. The molecule has 1 N–H and O–H groups in total. The Kier molecular flexibility index (Phi) is 2.53. The predicted octanol–water partition coefficient (Wildman–Crippen LogP) is -0.113. The van der Waals surface area contributed by atoms with Crippen molar-refractivity contribution in [2.75, 3.05) is 14.2 Å². The summed E-state index contributed by atoms with van der Waals surface area (Å²) in [6.07, 6.45) is 2.14. The van der Waals surface area contributed by atoms with Crippen molar-refractivity contribution in [3.63, 3.8) is 0 Å². The average molecular weight is 275 g/mol. The average Bonchev–Trinajstić information content (AvgIpc) is 2.92. The number of esters is 1. The van der Waals surface area contributed by atoms with Gasteiger partial charge in [-0.2, -0.15) is 0 Å². The van der Waals surface area contributed by atoms with Crippen LogP contribution in [0.4, 0.5) is 4.79 Å². The van der Waals surface area contributed by atoms with Crippen LogP contribution in [0.3, 0.4) is 0 Å². The molecule has 0 bridgehead atoms. The molecule has 20 heavy (non-hydrogen) atoms. The molecular formula is C13H13N3O4. The number of amides is 3. The molecule has 0 saturated carbocycles. The van der Waals surface area contributed by atoms with Gasteiger partial charge in [0.25, 0.3) is 5.91 Å². The molecule has 1 aliphatic carbocycles. The van der Waals surface area contributed by atoms with Crippen LogP contribution < -0.4 is 5.32 Å². The number of ether oxygens (including phenoxy) is 1. The van der Waals surface area contributed by atoms with Crippen LogP contribution >= 0.6 is 0 Å². The molecule has 1 aliphatic heterocycles. The van der Waals surface area contributed by atoms with Crippen molar-refractivity contribution >= 4 is 17.9 Å². The minimum Gasteiger partial charge on any atom is -0.465 e. The van der Waals surface area contributed by atoms with Crippen LogP contribution in [-0.4, -0.2) is 47.5 Å². The fourth-order valence-corrected chi connectivity index (χ4v) is 2.78. The van der Waals surface area contributed by atoms with Gasteiger partial charge in [0.05, 0.1) is 12.7 Å². The Balaban J connectivity index is 1.98. The number of urea groups is 1. The molecule has 1 saturated heterocycles. The third kappa shape index (κ3) is 1.52. The number of fused-ring (bicyclic) bond motifs is 1. The molecule has 7 nitrogen and oxygen atoms in total. The lowest BCUT2D eigenvalue weighted by molar-refractivity contribution is -0.125. The van der Waals surface area contributed by atoms with Crippen molar-refractivity contribution in [2.45, 2.75) is 18.4 Å². The van der Waals surface area contributed by atoms with E-state index in [9.17, 15) is 14.4 Å². The molecule has 1 aromatic heterocycles. The van der Waals surface area contributed by atoms with Crippen LogP contribution in [0.15, 0.2) is 12.3 Å². The number of hydrogen-bond donors (Lipinski definition) is 1. The van der Waals surface area contributed by atoms with Gasteiger partial charge in [-0.05, 0) is 11.6 Å². The standard InChI is InChI=1S/C13H13N3O4/c1-16-12(19)15-11(18)13(16)4-7-3-8(10(17)20-2)6-14-9(7)5-13/h3,6H,4-5H2,1-2H3,(H,15,18,19)/t13-/m1/s1. The second kappa shape index (κ2) is 4.03. The number of carbonyl (C=O) groups excluding carboxylic acids is 3. The Hall–Kier alpha value is -2.44. The number of nitrogens with zero attached hydrogens (tertiary/aromatic N) is 2. The van der Waals surface area contributed by atoms with Crippen molar-refractivity contribution in [1.82, 2.24) is 15.2 Å². The second-order valence-corrected chi connectivity index (χ2v) is 5.02. The quantitative estimate of drug-likeness (QED) is 0.570. The third-order valence-corrected chi connectivity index (χ3v) is 4.01. The molecule has 3 amide bonds. The molecule has 0 aromatic carbocycles. The molecule has 1 atom stereocenters. The van der Waals surface area contributed by atoms with E-state index in [-0.39, 0.29) is 5.91 Å². The van der Waals surface area contributed by atoms with Crippen molar-refractivity contribution < 1.29 is 19.1 Å². The van der Waals surface area contributed by atoms with Gasteiger partial charge in [-0.1, -0.05) is 0 Å². The number of carbonyl (C=O) groups is 3. The van der Waals surface area contributed by atoms with E-state index < -0.39 is 17.5 Å². The molecule has 7 heteroatoms. The zero-order chi connectivity index (χ0) is 14.5. The summed E-state index contributed by atoms with van der Waals surface area (Å²) in [5.74, 6) is -0.788. The van der Waals surface area contributed by atoms with Gasteiger partial charge in [-0.15, -0.1) is 0 Å². The number of likely N-dealkylation sites (N-methyl/N-ethyl adjacent to an activating group) is 1. The van der Waals surface area contributed by atoms with Gasteiger partial charge < -0.3 is 9.64 Å². The maximum atomic E-state index is 12.1. The lowest BCUT2D eigenvalue weighted by atomic mass is 9.95. The summed E-state index contributed by atoms with van der Waals surface area (Å²) in [6, 6.07) is 1.27. The molecule has 2 aliphatic rings. The van der Waals surface area contributed by atoms with E-state index in [4.69, 9.17) is 0 Å². The Morgan fingerprint density at radius 1 is 1.45 bits per heavy atom. The number of aromatic nitrogens is 1. The summed E-state index contributed by atoms with van der Waals surface area (Å²) in [7, 11) is 2.89. The molecular weight excluding hydrogens is 262 g/mol. The Morgan fingerprint density at radius 3 is 2.80 bits per heavy atom. The van der Waals surface area contributed by atoms with Gasteiger partial charge in [0.15, 0.2) is 0 Å². The number of hydrogen-bond acceptors (Lipinski definition) is 5. The van der Waals surface area contributed by atoms with E-state index in [2.05, 4.69) is 15.0 Å². The maximum Gasteiger partial charge on any atom is 0.339 e. The molecule has 104 valence electrons. The summed E-state index contributed by atoms with van der Waals surface area (Å²) in [6.45, 7) is 0. The van der Waals surface area contributed by atoms with Gasteiger partial charge in [0.1, 0.15) is 5.54 Å². The molecule has 0 unspecified atom stereocenters. The zero-order valence-electron chi connectivity index (χ0n) is 11.1. The largest absolute Gasteiger partial charge is 0.465 e. The predicted molar refractivity (Wildman–Crippen MR) is 67.0 cm³/mol. The number of pyridine rings is 1. The lowest BCUT2D eigenvalue weighted by Crippen LogP contribution is -2.48. The Labute approximate surface area is 114 Å². The highest BCUT2D eigenvalue weighted by atomic mass is 16.5. The Bertz CT molecular complexity index is 643. The van der Waals surface area contributed by atoms with Gasteiger partial charge in [-0.3, -0.25) is 15.1 Å². The first-order valence-electron chi connectivity index (χ1n) is 6.13. The van der Waals surface area contributed by atoms with Crippen LogP contribution in [0.2, 0.25) is 0 Å². The summed E-state index contributed by atoms with van der Waals surface area (Å²) in [5.41, 5.74) is 0.955. The van der Waals surface area contributed by atoms with Gasteiger partial charge in [-0.25, -0.2) is 9.59 Å². The minimum atomic E-state index is -0.916. The number of rotatable bonds is 1. The molecule has 1 aromatic rings. The molecule has 1 spiro atoms.